The molecule has 3 aliphatic heterocycles. The molecule has 0 radical (unpaired) electrons. The molecule has 3 aliphatic rings. The quantitative estimate of drug-likeness (QED) is 0.122. The van der Waals surface area contributed by atoms with E-state index in [1.807, 2.05) is 12.3 Å². The van der Waals surface area contributed by atoms with Gasteiger partial charge in [-0.05, 0) is 86.7 Å². The zero-order chi connectivity index (χ0) is 38.2. The van der Waals surface area contributed by atoms with Crippen LogP contribution < -0.4 is 25.2 Å². The Kier molecular flexibility index (Phi) is 11.6. The number of piperazine rings is 1. The molecule has 0 atom stereocenters. The molecule has 6 aromatic rings. The van der Waals surface area contributed by atoms with Crippen molar-refractivity contribution in [1.29, 1.82) is 0 Å². The summed E-state index contributed by atoms with van der Waals surface area (Å²) in [5.41, 5.74) is 5.78. The number of benzene rings is 4. The molecule has 0 spiro atoms. The lowest BCUT2D eigenvalue weighted by atomic mass is 9.98. The zero-order valence-corrected chi connectivity index (χ0v) is 33.0. The van der Waals surface area contributed by atoms with E-state index in [1.165, 1.54) is 16.6 Å². The Bertz CT molecular complexity index is 2190. The summed E-state index contributed by atoms with van der Waals surface area (Å²) in [6, 6.07) is 38.7. The lowest BCUT2D eigenvalue weighted by Crippen LogP contribution is -2.47. The Balaban J connectivity index is 0.826. The maximum Gasteiger partial charge on any atom is 0.228 e. The van der Waals surface area contributed by atoms with Crippen LogP contribution in [0.15, 0.2) is 115 Å². The standard InChI is InChI=1S/C47H55N9O/c1-3-9-36(10-4-1)34-54-26-20-38(21-27-54)50-46-42-16-15-40(33-45(42)51-47(52-46)56-31-29-55(30-32-56)39-11-5-2-6-12-39)57-35-37-18-24-53(25-19-37)28-23-49-44-17-22-48-43-14-8-7-13-41(43)44/h1-17,22,33,37-38H,18-21,23-32,34-35H2,(H,48,49)(H,50,51,52). The second kappa shape index (κ2) is 17.8. The van der Waals surface area contributed by atoms with E-state index in [-0.39, 0.29) is 0 Å². The predicted molar refractivity (Wildman–Crippen MR) is 234 cm³/mol. The molecule has 2 aromatic heterocycles. The average molecular weight is 762 g/mol. The predicted octanol–water partition coefficient (Wildman–Crippen LogP) is 7.78. The van der Waals surface area contributed by atoms with Crippen molar-refractivity contribution in [3.8, 4) is 5.75 Å². The van der Waals surface area contributed by atoms with Gasteiger partial charge in [-0.25, -0.2) is 4.98 Å². The first kappa shape index (κ1) is 37.1. The Morgan fingerprint density at radius 2 is 1.35 bits per heavy atom. The fourth-order valence-electron chi connectivity index (χ4n) is 8.70. The number of nitrogens with one attached hydrogen (secondary N) is 2. The van der Waals surface area contributed by atoms with Crippen LogP contribution in [0.1, 0.15) is 31.2 Å². The fraction of sp³-hybridized carbons (Fsp3) is 0.383. The summed E-state index contributed by atoms with van der Waals surface area (Å²) < 4.78 is 6.52. The molecule has 2 N–H and O–H groups in total. The van der Waals surface area contributed by atoms with Gasteiger partial charge in [-0.2, -0.15) is 4.98 Å². The normalized spacial score (nSPS) is 17.6. The molecule has 4 aromatic carbocycles. The number of hydrogen-bond acceptors (Lipinski definition) is 10. The molecule has 9 rings (SSSR count). The van der Waals surface area contributed by atoms with Gasteiger partial charge in [0.05, 0.1) is 17.6 Å². The number of ether oxygens (including phenoxy) is 1. The van der Waals surface area contributed by atoms with E-state index >= 15 is 0 Å². The molecule has 0 saturated carbocycles. The van der Waals surface area contributed by atoms with E-state index in [4.69, 9.17) is 14.7 Å². The minimum atomic E-state index is 0.367. The Labute approximate surface area is 336 Å². The Morgan fingerprint density at radius 3 is 2.16 bits per heavy atom. The number of aromatic nitrogens is 3. The van der Waals surface area contributed by atoms with Gasteiger partial charge in [0.2, 0.25) is 5.95 Å². The Morgan fingerprint density at radius 1 is 0.632 bits per heavy atom. The van der Waals surface area contributed by atoms with Crippen LogP contribution in [0.2, 0.25) is 0 Å². The number of pyridine rings is 1. The van der Waals surface area contributed by atoms with Crippen LogP contribution in [0, 0.1) is 5.92 Å². The van der Waals surface area contributed by atoms with Crippen LogP contribution in [0.5, 0.6) is 5.75 Å². The lowest BCUT2D eigenvalue weighted by molar-refractivity contribution is 0.145. The molecule has 10 heteroatoms. The van der Waals surface area contributed by atoms with Crippen molar-refractivity contribution in [1.82, 2.24) is 24.8 Å². The zero-order valence-electron chi connectivity index (χ0n) is 33.0. The van der Waals surface area contributed by atoms with E-state index in [9.17, 15) is 0 Å². The van der Waals surface area contributed by atoms with Gasteiger partial charge in [-0.1, -0.05) is 66.7 Å². The van der Waals surface area contributed by atoms with Crippen molar-refractivity contribution in [2.75, 3.05) is 92.5 Å². The van der Waals surface area contributed by atoms with Crippen molar-refractivity contribution >= 4 is 44.9 Å². The first-order valence-electron chi connectivity index (χ1n) is 21.0. The third-order valence-corrected chi connectivity index (χ3v) is 12.1. The number of likely N-dealkylation sites (tertiary alicyclic amines) is 2. The number of para-hydroxylation sites is 2. The SMILES string of the molecule is c1ccc(CN2CCC(Nc3nc(N4CCN(c5ccccc5)CC4)nc4cc(OCC5CCN(CCNc6ccnc7ccccc67)CC5)ccc34)CC2)cc1. The molecule has 3 fully saturated rings. The topological polar surface area (TPSA) is 84.9 Å². The number of nitrogens with zero attached hydrogens (tertiary/aromatic N) is 7. The molecule has 57 heavy (non-hydrogen) atoms. The summed E-state index contributed by atoms with van der Waals surface area (Å²) in [4.78, 5) is 24.9. The van der Waals surface area contributed by atoms with E-state index in [1.54, 1.807) is 0 Å². The van der Waals surface area contributed by atoms with Gasteiger partial charge in [0.15, 0.2) is 0 Å². The van der Waals surface area contributed by atoms with Crippen LogP contribution in [-0.4, -0.2) is 103 Å². The maximum absolute atomic E-state index is 6.52. The van der Waals surface area contributed by atoms with Crippen LogP contribution in [-0.2, 0) is 6.54 Å². The summed E-state index contributed by atoms with van der Waals surface area (Å²) in [6.45, 7) is 11.7. The highest BCUT2D eigenvalue weighted by molar-refractivity contribution is 5.92. The third kappa shape index (κ3) is 9.24. The van der Waals surface area contributed by atoms with Gasteiger partial charge in [-0.15, -0.1) is 0 Å². The average Bonchev–Trinajstić information content (AvgIpc) is 3.27. The second-order valence-electron chi connectivity index (χ2n) is 15.9. The molecule has 0 unspecified atom stereocenters. The maximum atomic E-state index is 6.52. The van der Waals surface area contributed by atoms with Gasteiger partial charge in [0.1, 0.15) is 11.6 Å². The van der Waals surface area contributed by atoms with Gasteiger partial charge in [0.25, 0.3) is 0 Å². The van der Waals surface area contributed by atoms with Crippen molar-refractivity contribution in [3.05, 3.63) is 121 Å². The van der Waals surface area contributed by atoms with Gasteiger partial charge >= 0.3 is 0 Å². The first-order chi connectivity index (χ1) is 28.2. The fourth-order valence-corrected chi connectivity index (χ4v) is 8.70. The highest BCUT2D eigenvalue weighted by Crippen LogP contribution is 2.31. The molecule has 10 nitrogen and oxygen atoms in total. The highest BCUT2D eigenvalue weighted by atomic mass is 16.5. The van der Waals surface area contributed by atoms with Crippen molar-refractivity contribution in [2.45, 2.75) is 38.3 Å². The van der Waals surface area contributed by atoms with E-state index in [0.717, 1.165) is 144 Å². The van der Waals surface area contributed by atoms with Crippen LogP contribution in [0.25, 0.3) is 21.8 Å². The van der Waals surface area contributed by atoms with Crippen molar-refractivity contribution in [2.24, 2.45) is 5.92 Å². The number of piperidine rings is 2. The number of fused-ring (bicyclic) bond motifs is 2. The van der Waals surface area contributed by atoms with E-state index in [2.05, 4.69) is 138 Å². The van der Waals surface area contributed by atoms with Crippen molar-refractivity contribution < 1.29 is 4.74 Å². The lowest BCUT2D eigenvalue weighted by Gasteiger charge is -2.36. The molecule has 0 amide bonds. The molecule has 0 bridgehead atoms. The second-order valence-corrected chi connectivity index (χ2v) is 15.9. The summed E-state index contributed by atoms with van der Waals surface area (Å²) in [5.74, 6) is 3.17. The van der Waals surface area contributed by atoms with Crippen LogP contribution in [0.4, 0.5) is 23.1 Å². The number of anilines is 4. The largest absolute Gasteiger partial charge is 0.493 e. The Hall–Kier alpha value is -5.45. The summed E-state index contributed by atoms with van der Waals surface area (Å²) in [5, 5.41) is 9.78. The van der Waals surface area contributed by atoms with Crippen LogP contribution in [0.3, 0.4) is 0 Å². The summed E-state index contributed by atoms with van der Waals surface area (Å²) >= 11 is 0. The molecule has 5 heterocycles. The van der Waals surface area contributed by atoms with Gasteiger partial charge in [-0.3, -0.25) is 9.88 Å². The minimum absolute atomic E-state index is 0.367. The number of rotatable bonds is 13. The molecule has 294 valence electrons. The molecule has 0 aliphatic carbocycles. The van der Waals surface area contributed by atoms with Crippen LogP contribution >= 0.6 is 0 Å². The van der Waals surface area contributed by atoms with E-state index in [0.29, 0.717) is 12.0 Å². The summed E-state index contributed by atoms with van der Waals surface area (Å²) in [6.07, 6.45) is 6.35. The minimum Gasteiger partial charge on any atom is -0.493 e. The highest BCUT2D eigenvalue weighted by Gasteiger charge is 2.25. The molecule has 3 saturated heterocycles. The molecular weight excluding hydrogens is 707 g/mol. The van der Waals surface area contributed by atoms with Crippen molar-refractivity contribution in [3.63, 3.8) is 0 Å². The van der Waals surface area contributed by atoms with Gasteiger partial charge < -0.3 is 30.1 Å². The third-order valence-electron chi connectivity index (χ3n) is 12.1. The van der Waals surface area contributed by atoms with E-state index < -0.39 is 0 Å². The van der Waals surface area contributed by atoms with Gasteiger partial charge in [0, 0.05) is 99.4 Å². The smallest absolute Gasteiger partial charge is 0.228 e. The molecular formula is C47H55N9O. The monoisotopic (exact) mass is 761 g/mol. The summed E-state index contributed by atoms with van der Waals surface area (Å²) in [7, 11) is 0. The number of hydrogen-bond donors (Lipinski definition) is 2. The first-order valence-corrected chi connectivity index (χ1v) is 21.0.